The van der Waals surface area contributed by atoms with Crippen LogP contribution in [0.5, 0.6) is 0 Å². The molecule has 22 N–H and O–H groups in total. The fraction of sp³-hybridized carbons (Fsp3) is 0.750. The van der Waals surface area contributed by atoms with Gasteiger partial charge in [-0.2, -0.15) is 0 Å². The molecule has 556 valence electrons. The zero-order chi connectivity index (χ0) is 71.9. The van der Waals surface area contributed by atoms with Crippen molar-refractivity contribution in [3.8, 4) is 0 Å². The van der Waals surface area contributed by atoms with Crippen molar-refractivity contribution in [3.05, 3.63) is 109 Å². The third-order valence-corrected chi connectivity index (χ3v) is 18.0. The molecule has 26 unspecified atom stereocenters. The van der Waals surface area contributed by atoms with Crippen molar-refractivity contribution in [3.63, 3.8) is 0 Å². The van der Waals surface area contributed by atoms with Crippen LogP contribution in [0.4, 0.5) is 0 Å². The van der Waals surface area contributed by atoms with Gasteiger partial charge < -0.3 is 122 Å². The number of ether oxygens (including phenoxy) is 2. The van der Waals surface area contributed by atoms with Crippen molar-refractivity contribution < 1.29 is 122 Å². The highest BCUT2D eigenvalue weighted by Gasteiger charge is 2.47. The number of aliphatic hydroxyl groups is 22. The molecule has 0 bridgehead atoms. The highest BCUT2D eigenvalue weighted by atomic mass is 16.6. The Morgan fingerprint density at radius 1 is 0.479 bits per heavy atom. The summed E-state index contributed by atoms with van der Waals surface area (Å²) in [4.78, 5) is 0. The number of rotatable bonds is 52. The van der Waals surface area contributed by atoms with Crippen LogP contribution in [-0.2, 0) is 9.47 Å². The molecule has 2 saturated heterocycles. The summed E-state index contributed by atoms with van der Waals surface area (Å²) >= 11 is 0. The molecule has 2 aliphatic rings. The minimum absolute atomic E-state index is 0.00166. The number of aliphatic hydroxyl groups excluding tert-OH is 22. The van der Waals surface area contributed by atoms with Crippen molar-refractivity contribution in [2.75, 3.05) is 6.61 Å². The van der Waals surface area contributed by atoms with Crippen LogP contribution in [0, 0.1) is 5.92 Å². The Bertz CT molecular complexity index is 2260. The molecule has 24 nitrogen and oxygen atoms in total. The molecule has 96 heavy (non-hydrogen) atoms. The maximum Gasteiger partial charge on any atom is 0.115 e. The maximum atomic E-state index is 11.2. The third kappa shape index (κ3) is 35.8. The molecule has 26 atom stereocenters. The van der Waals surface area contributed by atoms with Gasteiger partial charge in [0.15, 0.2) is 0 Å². The van der Waals surface area contributed by atoms with Gasteiger partial charge in [-0.15, -0.1) is 0 Å². The summed E-state index contributed by atoms with van der Waals surface area (Å²) in [6.07, 6.45) is -1.36. The number of allylic oxidation sites excluding steroid dienone is 11. The minimum atomic E-state index is -1.84. The van der Waals surface area contributed by atoms with Crippen LogP contribution >= 0.6 is 0 Å². The SMILES string of the molecule is C=C/C=C/CC/C=C/C=C/C=C/CC/C=C/C(O)C(O)C1OC(C(O)C(O)C(=C)CCC(O)C2CC(O)C(O)C(C(O)C(O)/C=C(\C)CCC(O)CC(O)C(O)C(C)CC(O)C(O)CCCC(O)CCCC(O)CCCC(O)CCCC(O)/C=C/CC(O)CO)O2)CC(O)C1O. The highest BCUT2D eigenvalue weighted by Crippen LogP contribution is 2.32. The van der Waals surface area contributed by atoms with Crippen LogP contribution in [-0.4, -0.2) is 272 Å². The molecule has 0 aromatic heterocycles. The van der Waals surface area contributed by atoms with E-state index in [1.165, 1.54) is 12.2 Å². The first-order valence-electron chi connectivity index (χ1n) is 34.7. The largest absolute Gasteiger partial charge is 0.394 e. The Balaban J connectivity index is 1.76. The second-order valence-electron chi connectivity index (χ2n) is 26.6. The fourth-order valence-corrected chi connectivity index (χ4v) is 11.8. The number of hydrogen-bond donors (Lipinski definition) is 22. The Labute approximate surface area is 568 Å². The van der Waals surface area contributed by atoms with E-state index in [2.05, 4.69) is 19.2 Å². The first kappa shape index (κ1) is 88.8. The zero-order valence-corrected chi connectivity index (χ0v) is 56.5. The maximum absolute atomic E-state index is 11.2. The summed E-state index contributed by atoms with van der Waals surface area (Å²) in [5, 5.41) is 234. The smallest absolute Gasteiger partial charge is 0.115 e. The van der Waals surface area contributed by atoms with Crippen molar-refractivity contribution in [1.82, 2.24) is 0 Å². The second kappa shape index (κ2) is 50.1. The van der Waals surface area contributed by atoms with Crippen LogP contribution in [0.1, 0.15) is 174 Å². The lowest BCUT2D eigenvalue weighted by Crippen LogP contribution is -2.59. The molecule has 2 heterocycles. The van der Waals surface area contributed by atoms with E-state index in [9.17, 15) is 107 Å². The van der Waals surface area contributed by atoms with Gasteiger partial charge in [0.1, 0.15) is 61.0 Å². The van der Waals surface area contributed by atoms with Gasteiger partial charge in [-0.1, -0.05) is 111 Å². The van der Waals surface area contributed by atoms with Gasteiger partial charge in [-0.25, -0.2) is 0 Å². The molecular formula is C72H124O24. The van der Waals surface area contributed by atoms with Gasteiger partial charge in [0.2, 0.25) is 0 Å². The van der Waals surface area contributed by atoms with E-state index < -0.39 is 159 Å². The quantitative estimate of drug-likeness (QED) is 0.0233. The Hall–Kier alpha value is -3.30. The lowest BCUT2D eigenvalue weighted by molar-refractivity contribution is -0.234. The van der Waals surface area contributed by atoms with Crippen molar-refractivity contribution in [2.45, 2.75) is 327 Å². The third-order valence-electron chi connectivity index (χ3n) is 18.0. The lowest BCUT2D eigenvalue weighted by atomic mass is 9.87. The second-order valence-corrected chi connectivity index (χ2v) is 26.6. The van der Waals surface area contributed by atoms with Gasteiger partial charge >= 0.3 is 0 Å². The highest BCUT2D eigenvalue weighted by molar-refractivity contribution is 5.13. The summed E-state index contributed by atoms with van der Waals surface area (Å²) in [5.74, 6) is -0.707. The fourth-order valence-electron chi connectivity index (χ4n) is 11.8. The molecule has 0 aromatic rings. The average molecular weight is 1370 g/mol. The summed E-state index contributed by atoms with van der Waals surface area (Å²) in [7, 11) is 0. The number of unbranched alkanes of at least 4 members (excludes halogenated alkanes) is 2. The molecule has 0 spiro atoms. The van der Waals surface area contributed by atoms with Crippen LogP contribution in [0.3, 0.4) is 0 Å². The van der Waals surface area contributed by atoms with E-state index in [1.54, 1.807) is 38.2 Å². The molecule has 0 radical (unpaired) electrons. The zero-order valence-electron chi connectivity index (χ0n) is 56.5. The van der Waals surface area contributed by atoms with Gasteiger partial charge in [-0.3, -0.25) is 0 Å². The first-order valence-corrected chi connectivity index (χ1v) is 34.7. The summed E-state index contributed by atoms with van der Waals surface area (Å²) < 4.78 is 11.6. The van der Waals surface area contributed by atoms with Crippen LogP contribution in [0.2, 0.25) is 0 Å². The van der Waals surface area contributed by atoms with E-state index in [1.807, 2.05) is 42.5 Å². The topological polar surface area (TPSA) is 464 Å². The average Bonchev–Trinajstić information content (AvgIpc) is 0.836. The van der Waals surface area contributed by atoms with Crippen LogP contribution in [0.15, 0.2) is 109 Å². The normalized spacial score (nSPS) is 26.7. The number of hydrogen-bond acceptors (Lipinski definition) is 24. The predicted molar refractivity (Wildman–Crippen MR) is 363 cm³/mol. The van der Waals surface area contributed by atoms with Gasteiger partial charge in [-0.05, 0) is 160 Å². The summed E-state index contributed by atoms with van der Waals surface area (Å²) in [6, 6.07) is 0. The van der Waals surface area contributed by atoms with Crippen LogP contribution in [0.25, 0.3) is 0 Å². The minimum Gasteiger partial charge on any atom is -0.394 e. The molecule has 2 fully saturated rings. The standard InChI is InChI=1S/C72H124O24/c1-5-6-7-8-9-10-11-12-13-14-15-16-17-18-33-56(82)66(90)71-69(93)61(87)43-63(96-71)70(94)65(89)46(3)36-38-55(81)62-42-60(86)68(92)72(95-62)67(91)58(84)39-45(2)35-37-52(78)41-59(85)64(88)47(4)40-57(83)54(80)34-23-31-51(77)29-21-27-49(75)25-19-24-48(74)26-20-28-50(76)30-22-32-53(79)44-73/h5-7,10-15,18,22,30,33,39,47-94H,1,3,8-9,16-17,19-21,23-29,31-32,34-38,40-44H2,2,4H3/b7-6+,11-10+,13-12+,15-14+,30-22+,33-18+,45-39+. The van der Waals surface area contributed by atoms with Crippen molar-refractivity contribution in [2.24, 2.45) is 5.92 Å². The van der Waals surface area contributed by atoms with E-state index in [0.29, 0.717) is 89.0 Å². The first-order chi connectivity index (χ1) is 45.5. The van der Waals surface area contributed by atoms with Gasteiger partial charge in [0, 0.05) is 19.3 Å². The van der Waals surface area contributed by atoms with Crippen molar-refractivity contribution in [1.29, 1.82) is 0 Å². The van der Waals surface area contributed by atoms with E-state index >= 15 is 0 Å². The van der Waals surface area contributed by atoms with E-state index in [-0.39, 0.29) is 76.4 Å². The molecule has 24 heteroatoms. The molecule has 2 aliphatic heterocycles. The molecule has 0 aromatic carbocycles. The monoisotopic (exact) mass is 1370 g/mol. The lowest BCUT2D eigenvalue weighted by Gasteiger charge is -2.42. The molecule has 0 amide bonds. The van der Waals surface area contributed by atoms with E-state index in [0.717, 1.165) is 12.8 Å². The van der Waals surface area contributed by atoms with Gasteiger partial charge in [0.25, 0.3) is 0 Å². The van der Waals surface area contributed by atoms with E-state index in [4.69, 9.17) is 14.6 Å². The Morgan fingerprint density at radius 3 is 1.51 bits per heavy atom. The molecule has 0 aliphatic carbocycles. The molecular weight excluding hydrogens is 1250 g/mol. The summed E-state index contributed by atoms with van der Waals surface area (Å²) in [6.45, 7) is 10.3. The van der Waals surface area contributed by atoms with Gasteiger partial charge in [0.05, 0.1) is 98.2 Å². The van der Waals surface area contributed by atoms with Crippen LogP contribution < -0.4 is 0 Å². The van der Waals surface area contributed by atoms with Crippen molar-refractivity contribution >= 4 is 0 Å². The predicted octanol–water partition coefficient (Wildman–Crippen LogP) is 1.51. The Kier molecular flexibility index (Phi) is 46.3. The molecule has 2 rings (SSSR count). The molecule has 0 saturated carbocycles. The summed E-state index contributed by atoms with van der Waals surface area (Å²) in [5.41, 5.74) is 0.469. The Morgan fingerprint density at radius 2 is 0.969 bits per heavy atom.